The summed E-state index contributed by atoms with van der Waals surface area (Å²) in [6, 6.07) is 21.4. The number of rotatable bonds is 4. The summed E-state index contributed by atoms with van der Waals surface area (Å²) in [6.07, 6.45) is -0.154. The Balaban J connectivity index is 1.34. The molecule has 0 saturated carbocycles. The Hall–Kier alpha value is -3.49. The Bertz CT molecular complexity index is 1140. The van der Waals surface area contributed by atoms with Gasteiger partial charge in [-0.05, 0) is 36.4 Å². The van der Waals surface area contributed by atoms with Gasteiger partial charge < -0.3 is 5.32 Å². The lowest BCUT2D eigenvalue weighted by atomic mass is 10.2. The second kappa shape index (κ2) is 9.76. The third-order valence-electron chi connectivity index (χ3n) is 4.67. The van der Waals surface area contributed by atoms with E-state index in [2.05, 4.69) is 16.2 Å². The lowest BCUT2D eigenvalue weighted by molar-refractivity contribution is -0.124. The number of anilines is 3. The maximum Gasteiger partial charge on any atom is 0.345 e. The van der Waals surface area contributed by atoms with E-state index < -0.39 is 11.9 Å². The van der Waals surface area contributed by atoms with Crippen molar-refractivity contribution in [3.8, 4) is 0 Å². The van der Waals surface area contributed by atoms with Crippen LogP contribution in [0.1, 0.15) is 12.8 Å². The van der Waals surface area contributed by atoms with E-state index in [0.717, 1.165) is 21.2 Å². The van der Waals surface area contributed by atoms with Crippen LogP contribution in [0.4, 0.5) is 21.9 Å². The van der Waals surface area contributed by atoms with E-state index in [1.54, 1.807) is 36.0 Å². The van der Waals surface area contributed by atoms with Crippen LogP contribution in [0.25, 0.3) is 0 Å². The highest BCUT2D eigenvalue weighted by molar-refractivity contribution is 7.99. The number of nitrogens with one attached hydrogen (secondary N) is 3. The summed E-state index contributed by atoms with van der Waals surface area (Å²) in [4.78, 5) is 40.6. The first-order valence-corrected chi connectivity index (χ1v) is 11.0. The van der Waals surface area contributed by atoms with Gasteiger partial charge in [0, 0.05) is 22.6 Å². The first-order chi connectivity index (χ1) is 15.5. The first-order valence-electron chi connectivity index (χ1n) is 9.82. The molecule has 3 N–H and O–H groups in total. The lowest BCUT2D eigenvalue weighted by Crippen LogP contribution is -2.48. The number of para-hydroxylation sites is 3. The van der Waals surface area contributed by atoms with Gasteiger partial charge in [0.05, 0.1) is 22.1 Å². The minimum absolute atomic E-state index is 0.0566. The van der Waals surface area contributed by atoms with Gasteiger partial charge in [-0.3, -0.25) is 19.9 Å². The van der Waals surface area contributed by atoms with Crippen molar-refractivity contribution in [2.75, 3.05) is 10.2 Å². The average Bonchev–Trinajstić information content (AvgIpc) is 2.81. The summed E-state index contributed by atoms with van der Waals surface area (Å²) in [5.41, 5.74) is 6.75. The molecular formula is C23H19ClN4O3S. The number of hydrazine groups is 1. The minimum atomic E-state index is -0.501. The fourth-order valence-corrected chi connectivity index (χ4v) is 4.41. The number of carbonyl (C=O) groups is 3. The van der Waals surface area contributed by atoms with Crippen molar-refractivity contribution in [1.29, 1.82) is 0 Å². The Morgan fingerprint density at radius 1 is 0.750 bits per heavy atom. The van der Waals surface area contributed by atoms with E-state index in [1.807, 2.05) is 48.5 Å². The fourth-order valence-electron chi connectivity index (χ4n) is 3.17. The second-order valence-electron chi connectivity index (χ2n) is 6.88. The zero-order chi connectivity index (χ0) is 22.5. The molecule has 0 fully saturated rings. The van der Waals surface area contributed by atoms with Gasteiger partial charge in [-0.25, -0.2) is 10.2 Å². The van der Waals surface area contributed by atoms with Crippen LogP contribution >= 0.6 is 23.4 Å². The monoisotopic (exact) mass is 466 g/mol. The molecule has 0 saturated heterocycles. The third-order valence-corrected chi connectivity index (χ3v) is 6.13. The Morgan fingerprint density at radius 2 is 1.31 bits per heavy atom. The molecule has 1 heterocycles. The summed E-state index contributed by atoms with van der Waals surface area (Å²) in [7, 11) is 0. The molecule has 9 heteroatoms. The molecule has 0 aliphatic carbocycles. The molecule has 4 amide bonds. The lowest BCUT2D eigenvalue weighted by Gasteiger charge is -2.30. The third kappa shape index (κ3) is 4.87. The predicted octanol–water partition coefficient (Wildman–Crippen LogP) is 5.10. The van der Waals surface area contributed by atoms with Crippen molar-refractivity contribution in [2.45, 2.75) is 22.6 Å². The highest BCUT2D eigenvalue weighted by atomic mass is 35.5. The number of hydrogen-bond acceptors (Lipinski definition) is 4. The van der Waals surface area contributed by atoms with E-state index >= 15 is 0 Å². The number of urea groups is 1. The molecule has 3 aromatic carbocycles. The molecule has 0 radical (unpaired) electrons. The van der Waals surface area contributed by atoms with Crippen molar-refractivity contribution >= 4 is 58.3 Å². The van der Waals surface area contributed by atoms with Crippen LogP contribution in [-0.4, -0.2) is 17.8 Å². The van der Waals surface area contributed by atoms with Gasteiger partial charge in [0.1, 0.15) is 0 Å². The number of nitrogens with zero attached hydrogens (tertiary/aromatic N) is 1. The molecule has 1 aliphatic heterocycles. The number of amides is 4. The molecule has 3 aromatic rings. The molecule has 0 atom stereocenters. The summed E-state index contributed by atoms with van der Waals surface area (Å²) < 4.78 is 0. The van der Waals surface area contributed by atoms with Crippen molar-refractivity contribution in [3.63, 3.8) is 0 Å². The number of fused-ring (bicyclic) bond motifs is 2. The van der Waals surface area contributed by atoms with E-state index in [1.165, 1.54) is 4.90 Å². The average molecular weight is 467 g/mol. The Labute approximate surface area is 194 Å². The van der Waals surface area contributed by atoms with E-state index in [0.29, 0.717) is 10.7 Å². The zero-order valence-corrected chi connectivity index (χ0v) is 18.4. The molecule has 0 spiro atoms. The standard InChI is InChI=1S/C23H19ClN4O3S/c24-15-7-1-2-8-16(15)25-21(29)13-14-22(30)26-27-23(31)28-17-9-3-5-11-19(17)32-20-12-6-4-10-18(20)28/h1-12H,13-14H2,(H,25,29)(H,26,30)(H,27,31). The molecule has 0 unspecified atom stereocenters. The van der Waals surface area contributed by atoms with Gasteiger partial charge in [0.25, 0.3) is 0 Å². The van der Waals surface area contributed by atoms with Crippen LogP contribution in [0, 0.1) is 0 Å². The molecule has 32 heavy (non-hydrogen) atoms. The quantitative estimate of drug-likeness (QED) is 0.466. The second-order valence-corrected chi connectivity index (χ2v) is 8.37. The maximum atomic E-state index is 12.9. The maximum absolute atomic E-state index is 12.9. The van der Waals surface area contributed by atoms with Crippen molar-refractivity contribution in [1.82, 2.24) is 10.9 Å². The van der Waals surface area contributed by atoms with Crippen molar-refractivity contribution < 1.29 is 14.4 Å². The molecule has 1 aliphatic rings. The number of halogens is 1. The van der Waals surface area contributed by atoms with Crippen LogP contribution in [-0.2, 0) is 9.59 Å². The van der Waals surface area contributed by atoms with Gasteiger partial charge in [0.15, 0.2) is 0 Å². The number of benzene rings is 3. The summed E-state index contributed by atoms with van der Waals surface area (Å²) >= 11 is 7.59. The normalized spacial score (nSPS) is 11.7. The SMILES string of the molecule is O=C(CCC(=O)Nc1ccccc1Cl)NNC(=O)N1c2ccccc2Sc2ccccc21. The van der Waals surface area contributed by atoms with Crippen LogP contribution in [0.5, 0.6) is 0 Å². The van der Waals surface area contributed by atoms with Gasteiger partial charge in [0.2, 0.25) is 11.8 Å². The molecule has 0 bridgehead atoms. The number of hydrogen-bond donors (Lipinski definition) is 3. The smallest absolute Gasteiger partial charge is 0.325 e. The molecule has 4 rings (SSSR count). The van der Waals surface area contributed by atoms with Gasteiger partial charge in [-0.2, -0.15) is 0 Å². The zero-order valence-electron chi connectivity index (χ0n) is 16.8. The molecule has 7 nitrogen and oxygen atoms in total. The van der Waals surface area contributed by atoms with Crippen LogP contribution in [0.2, 0.25) is 5.02 Å². The topological polar surface area (TPSA) is 90.5 Å². The Morgan fingerprint density at radius 3 is 1.97 bits per heavy atom. The minimum Gasteiger partial charge on any atom is -0.325 e. The van der Waals surface area contributed by atoms with Crippen LogP contribution in [0.3, 0.4) is 0 Å². The molecule has 0 aromatic heterocycles. The van der Waals surface area contributed by atoms with Crippen LogP contribution < -0.4 is 21.1 Å². The predicted molar refractivity (Wildman–Crippen MR) is 125 cm³/mol. The molecular weight excluding hydrogens is 448 g/mol. The number of carbonyl (C=O) groups excluding carboxylic acids is 3. The summed E-state index contributed by atoms with van der Waals surface area (Å²) in [6.45, 7) is 0. The van der Waals surface area contributed by atoms with Gasteiger partial charge in [-0.1, -0.05) is 59.8 Å². The van der Waals surface area contributed by atoms with E-state index in [-0.39, 0.29) is 18.7 Å². The van der Waals surface area contributed by atoms with Crippen molar-refractivity contribution in [2.24, 2.45) is 0 Å². The highest BCUT2D eigenvalue weighted by Gasteiger charge is 2.28. The largest absolute Gasteiger partial charge is 0.345 e. The summed E-state index contributed by atoms with van der Waals surface area (Å²) in [5, 5.41) is 3.07. The van der Waals surface area contributed by atoms with E-state index in [4.69, 9.17) is 11.6 Å². The Kier molecular flexibility index (Phi) is 6.63. The first kappa shape index (κ1) is 21.7. The van der Waals surface area contributed by atoms with Gasteiger partial charge >= 0.3 is 6.03 Å². The molecule has 162 valence electrons. The van der Waals surface area contributed by atoms with Crippen molar-refractivity contribution in [3.05, 3.63) is 77.8 Å². The van der Waals surface area contributed by atoms with Gasteiger partial charge in [-0.15, -0.1) is 0 Å². The highest BCUT2D eigenvalue weighted by Crippen LogP contribution is 2.47. The van der Waals surface area contributed by atoms with E-state index in [9.17, 15) is 14.4 Å². The summed E-state index contributed by atoms with van der Waals surface area (Å²) in [5.74, 6) is -0.837. The fraction of sp³-hybridized carbons (Fsp3) is 0.0870. The van der Waals surface area contributed by atoms with Crippen LogP contribution in [0.15, 0.2) is 82.6 Å².